The van der Waals surface area contributed by atoms with Gasteiger partial charge in [0.2, 0.25) is 0 Å². The Bertz CT molecular complexity index is 566. The second kappa shape index (κ2) is 5.53. The third kappa shape index (κ3) is 2.67. The molecular formula is C13H10Br2F2O. The van der Waals surface area contributed by atoms with Crippen LogP contribution in [0, 0.1) is 11.6 Å². The van der Waals surface area contributed by atoms with Gasteiger partial charge < -0.3 is 4.42 Å². The van der Waals surface area contributed by atoms with E-state index < -0.39 is 16.5 Å². The van der Waals surface area contributed by atoms with E-state index in [0.717, 1.165) is 24.3 Å². The quantitative estimate of drug-likeness (QED) is 0.516. The van der Waals surface area contributed by atoms with Crippen LogP contribution >= 0.6 is 31.9 Å². The summed E-state index contributed by atoms with van der Waals surface area (Å²) in [5.41, 5.74) is 0.215. The number of hydrogen-bond acceptors (Lipinski definition) is 1. The van der Waals surface area contributed by atoms with Crippen molar-refractivity contribution in [2.45, 2.75) is 18.2 Å². The topological polar surface area (TPSA) is 13.1 Å². The molecule has 2 rings (SSSR count). The fourth-order valence-electron chi connectivity index (χ4n) is 1.61. The molecule has 0 aliphatic heterocycles. The maximum absolute atomic E-state index is 13.8. The summed E-state index contributed by atoms with van der Waals surface area (Å²) in [7, 11) is 0. The molecule has 0 saturated carbocycles. The number of rotatable bonds is 3. The molecular weight excluding hydrogens is 370 g/mol. The summed E-state index contributed by atoms with van der Waals surface area (Å²) in [6.07, 6.45) is 0.761. The Labute approximate surface area is 120 Å². The van der Waals surface area contributed by atoms with Crippen molar-refractivity contribution in [2.24, 2.45) is 0 Å². The normalized spacial score (nSPS) is 12.7. The molecule has 0 aliphatic rings. The Balaban J connectivity index is 2.39. The summed E-state index contributed by atoms with van der Waals surface area (Å²) < 4.78 is 32.9. The van der Waals surface area contributed by atoms with E-state index in [2.05, 4.69) is 31.9 Å². The van der Waals surface area contributed by atoms with Crippen molar-refractivity contribution in [3.63, 3.8) is 0 Å². The first kappa shape index (κ1) is 13.7. The van der Waals surface area contributed by atoms with Crippen LogP contribution in [0.15, 0.2) is 33.2 Å². The maximum Gasteiger partial charge on any atom is 0.137 e. The monoisotopic (exact) mass is 378 g/mol. The van der Waals surface area contributed by atoms with Gasteiger partial charge in [-0.3, -0.25) is 0 Å². The average Bonchev–Trinajstić information content (AvgIpc) is 2.81. The second-order valence-corrected chi connectivity index (χ2v) is 5.58. The Morgan fingerprint density at radius 3 is 2.56 bits per heavy atom. The van der Waals surface area contributed by atoms with Crippen LogP contribution in [0.25, 0.3) is 0 Å². The molecule has 1 unspecified atom stereocenters. The average molecular weight is 380 g/mol. The molecule has 0 radical (unpaired) electrons. The minimum atomic E-state index is -0.502. The lowest BCUT2D eigenvalue weighted by molar-refractivity contribution is 0.473. The minimum Gasteiger partial charge on any atom is -0.465 e. The summed E-state index contributed by atoms with van der Waals surface area (Å²) in [4.78, 5) is -0.500. The number of alkyl halides is 1. The van der Waals surface area contributed by atoms with Crippen LogP contribution in [-0.4, -0.2) is 0 Å². The molecule has 1 heterocycles. The van der Waals surface area contributed by atoms with Gasteiger partial charge >= 0.3 is 0 Å². The van der Waals surface area contributed by atoms with Gasteiger partial charge in [0, 0.05) is 12.0 Å². The van der Waals surface area contributed by atoms with Crippen LogP contribution in [0.5, 0.6) is 0 Å². The molecule has 5 heteroatoms. The van der Waals surface area contributed by atoms with Gasteiger partial charge in [0.05, 0.1) is 4.47 Å². The fraction of sp³-hybridized carbons (Fsp3) is 0.231. The van der Waals surface area contributed by atoms with E-state index >= 15 is 0 Å². The van der Waals surface area contributed by atoms with Crippen molar-refractivity contribution in [3.8, 4) is 0 Å². The van der Waals surface area contributed by atoms with E-state index in [-0.39, 0.29) is 10.0 Å². The molecule has 2 aromatic rings. The van der Waals surface area contributed by atoms with Crippen LogP contribution in [0.1, 0.15) is 28.8 Å². The molecule has 18 heavy (non-hydrogen) atoms. The van der Waals surface area contributed by atoms with Crippen LogP contribution in [0.3, 0.4) is 0 Å². The third-order valence-corrected chi connectivity index (χ3v) is 4.15. The highest BCUT2D eigenvalue weighted by atomic mass is 79.9. The predicted molar refractivity (Wildman–Crippen MR) is 72.9 cm³/mol. The lowest BCUT2D eigenvalue weighted by Crippen LogP contribution is -1.97. The Morgan fingerprint density at radius 1 is 1.22 bits per heavy atom. The second-order valence-electron chi connectivity index (χ2n) is 3.81. The largest absolute Gasteiger partial charge is 0.465 e. The van der Waals surface area contributed by atoms with Gasteiger partial charge in [-0.15, -0.1) is 0 Å². The van der Waals surface area contributed by atoms with Crippen LogP contribution in [-0.2, 0) is 6.42 Å². The van der Waals surface area contributed by atoms with Crippen LogP contribution in [0.2, 0.25) is 0 Å². The molecule has 1 aromatic heterocycles. The molecule has 1 atom stereocenters. The summed E-state index contributed by atoms with van der Waals surface area (Å²) in [6, 6.07) is 5.87. The molecule has 1 aromatic carbocycles. The summed E-state index contributed by atoms with van der Waals surface area (Å²) in [5, 5.41) is 0. The van der Waals surface area contributed by atoms with Gasteiger partial charge in [0.15, 0.2) is 0 Å². The lowest BCUT2D eigenvalue weighted by Gasteiger charge is -2.09. The number of furan rings is 1. The first-order valence-corrected chi connectivity index (χ1v) is 7.11. The molecule has 0 N–H and O–H groups in total. The van der Waals surface area contributed by atoms with E-state index in [1.165, 1.54) is 0 Å². The Hall–Kier alpha value is -0.680. The van der Waals surface area contributed by atoms with Crippen molar-refractivity contribution in [1.82, 2.24) is 0 Å². The molecule has 1 nitrogen and oxygen atoms in total. The highest BCUT2D eigenvalue weighted by Gasteiger charge is 2.20. The standard InChI is InChI=1S/C13H10Br2F2O/c1-2-7-3-4-12(18-7)13(15)8-5-11(17)9(14)6-10(8)16/h3-6,13H,2H2,1H3. The summed E-state index contributed by atoms with van der Waals surface area (Å²) >= 11 is 6.28. The predicted octanol–water partition coefficient (Wildman–Crippen LogP) is 5.37. The van der Waals surface area contributed by atoms with Crippen molar-refractivity contribution in [3.05, 3.63) is 57.5 Å². The van der Waals surface area contributed by atoms with Crippen molar-refractivity contribution in [2.75, 3.05) is 0 Å². The first-order chi connectivity index (χ1) is 8.52. The summed E-state index contributed by atoms with van der Waals surface area (Å²) in [6.45, 7) is 1.96. The molecule has 0 bridgehead atoms. The van der Waals surface area contributed by atoms with E-state index in [1.54, 1.807) is 6.07 Å². The zero-order chi connectivity index (χ0) is 13.3. The number of hydrogen-bond donors (Lipinski definition) is 0. The van der Waals surface area contributed by atoms with Gasteiger partial charge in [-0.05, 0) is 40.2 Å². The van der Waals surface area contributed by atoms with E-state index in [0.29, 0.717) is 5.76 Å². The molecule has 0 fully saturated rings. The summed E-state index contributed by atoms with van der Waals surface area (Å²) in [5.74, 6) is 0.387. The smallest absolute Gasteiger partial charge is 0.137 e. The first-order valence-electron chi connectivity index (χ1n) is 5.40. The molecule has 0 saturated heterocycles. The van der Waals surface area contributed by atoms with Gasteiger partial charge in [-0.1, -0.05) is 22.9 Å². The van der Waals surface area contributed by atoms with Gasteiger partial charge in [0.1, 0.15) is 28.0 Å². The fourth-order valence-corrected chi connectivity index (χ4v) is 2.52. The number of halogens is 4. The zero-order valence-electron chi connectivity index (χ0n) is 9.51. The Morgan fingerprint density at radius 2 is 1.94 bits per heavy atom. The molecule has 0 aliphatic carbocycles. The molecule has 96 valence electrons. The minimum absolute atomic E-state index is 0.108. The Kier molecular flexibility index (Phi) is 4.22. The van der Waals surface area contributed by atoms with Crippen LogP contribution < -0.4 is 0 Å². The van der Waals surface area contributed by atoms with Gasteiger partial charge in [-0.2, -0.15) is 0 Å². The third-order valence-electron chi connectivity index (χ3n) is 2.59. The van der Waals surface area contributed by atoms with Crippen molar-refractivity contribution >= 4 is 31.9 Å². The van der Waals surface area contributed by atoms with Gasteiger partial charge in [-0.25, -0.2) is 8.78 Å². The van der Waals surface area contributed by atoms with Crippen molar-refractivity contribution in [1.29, 1.82) is 0 Å². The molecule has 0 spiro atoms. The van der Waals surface area contributed by atoms with Crippen LogP contribution in [0.4, 0.5) is 8.78 Å². The van der Waals surface area contributed by atoms with Crippen molar-refractivity contribution < 1.29 is 13.2 Å². The SMILES string of the molecule is CCc1ccc(C(Br)c2cc(F)c(Br)cc2F)o1. The maximum atomic E-state index is 13.8. The van der Waals surface area contributed by atoms with Gasteiger partial charge in [0.25, 0.3) is 0 Å². The molecule has 0 amide bonds. The van der Waals surface area contributed by atoms with E-state index in [4.69, 9.17) is 4.42 Å². The van der Waals surface area contributed by atoms with E-state index in [1.807, 2.05) is 13.0 Å². The lowest BCUT2D eigenvalue weighted by atomic mass is 10.1. The number of benzene rings is 1. The zero-order valence-corrected chi connectivity index (χ0v) is 12.7. The number of aryl methyl sites for hydroxylation is 1. The highest BCUT2D eigenvalue weighted by Crippen LogP contribution is 2.35. The highest BCUT2D eigenvalue weighted by molar-refractivity contribution is 9.10. The van der Waals surface area contributed by atoms with E-state index in [9.17, 15) is 8.78 Å².